The molecule has 0 aliphatic heterocycles. The first-order valence-corrected chi connectivity index (χ1v) is 6.14. The molecular formula is C14H18F3NO2. The fourth-order valence-corrected chi connectivity index (χ4v) is 1.75. The molecule has 0 saturated heterocycles. The highest BCUT2D eigenvalue weighted by molar-refractivity contribution is 5.71. The van der Waals surface area contributed by atoms with Crippen molar-refractivity contribution in [3.8, 4) is 0 Å². The van der Waals surface area contributed by atoms with Gasteiger partial charge in [0.1, 0.15) is 5.60 Å². The zero-order valence-electron chi connectivity index (χ0n) is 11.6. The Kier molecular flexibility index (Phi) is 4.81. The molecule has 0 spiro atoms. The number of ether oxygens (including phenoxy) is 1. The Balaban J connectivity index is 2.88. The van der Waals surface area contributed by atoms with Crippen molar-refractivity contribution in [3.05, 3.63) is 35.4 Å². The van der Waals surface area contributed by atoms with Crippen molar-refractivity contribution in [3.63, 3.8) is 0 Å². The first kappa shape index (κ1) is 16.5. The van der Waals surface area contributed by atoms with E-state index in [1.165, 1.54) is 18.2 Å². The lowest BCUT2D eigenvalue weighted by Crippen LogP contribution is -2.27. The number of halogens is 3. The fraction of sp³-hybridized carbons (Fsp3) is 0.500. The standard InChI is InChI=1S/C14H18F3NO2/c1-13(2,3)20-12(19)8-11(18)9-6-4-5-7-10(9)14(15,16)17/h4-7,11H,8,18H2,1-3H3. The smallest absolute Gasteiger partial charge is 0.416 e. The summed E-state index contributed by atoms with van der Waals surface area (Å²) in [5, 5.41) is 0. The number of rotatable bonds is 3. The van der Waals surface area contributed by atoms with Crippen LogP contribution < -0.4 is 5.73 Å². The van der Waals surface area contributed by atoms with Crippen LogP contribution in [0.2, 0.25) is 0 Å². The third-order valence-corrected chi connectivity index (χ3v) is 2.47. The fourth-order valence-electron chi connectivity index (χ4n) is 1.75. The number of hydrogen-bond donors (Lipinski definition) is 1. The van der Waals surface area contributed by atoms with E-state index in [-0.39, 0.29) is 12.0 Å². The Morgan fingerprint density at radius 1 is 1.25 bits per heavy atom. The van der Waals surface area contributed by atoms with Gasteiger partial charge in [0.15, 0.2) is 0 Å². The van der Waals surface area contributed by atoms with Crippen molar-refractivity contribution in [2.24, 2.45) is 5.73 Å². The molecule has 1 rings (SSSR count). The van der Waals surface area contributed by atoms with Gasteiger partial charge in [-0.15, -0.1) is 0 Å². The average molecular weight is 289 g/mol. The molecule has 0 radical (unpaired) electrons. The average Bonchev–Trinajstić information content (AvgIpc) is 2.25. The lowest BCUT2D eigenvalue weighted by molar-refractivity contribution is -0.155. The Hall–Kier alpha value is -1.56. The van der Waals surface area contributed by atoms with E-state index >= 15 is 0 Å². The Labute approximate surface area is 115 Å². The monoisotopic (exact) mass is 289 g/mol. The summed E-state index contributed by atoms with van der Waals surface area (Å²) < 4.78 is 43.6. The molecule has 0 bridgehead atoms. The van der Waals surface area contributed by atoms with Gasteiger partial charge in [0, 0.05) is 6.04 Å². The van der Waals surface area contributed by atoms with Crippen LogP contribution in [0.5, 0.6) is 0 Å². The third kappa shape index (κ3) is 4.85. The molecular weight excluding hydrogens is 271 g/mol. The Morgan fingerprint density at radius 3 is 2.30 bits per heavy atom. The molecule has 0 aliphatic carbocycles. The predicted molar refractivity (Wildman–Crippen MR) is 68.8 cm³/mol. The number of hydrogen-bond acceptors (Lipinski definition) is 3. The molecule has 6 heteroatoms. The largest absolute Gasteiger partial charge is 0.460 e. The molecule has 0 aromatic heterocycles. The lowest BCUT2D eigenvalue weighted by Gasteiger charge is -2.22. The van der Waals surface area contributed by atoms with Crippen molar-refractivity contribution in [2.45, 2.75) is 45.0 Å². The summed E-state index contributed by atoms with van der Waals surface area (Å²) in [6.07, 6.45) is -4.80. The molecule has 1 atom stereocenters. The van der Waals surface area contributed by atoms with E-state index in [4.69, 9.17) is 10.5 Å². The predicted octanol–water partition coefficient (Wildman–Crippen LogP) is 3.44. The summed E-state index contributed by atoms with van der Waals surface area (Å²) in [4.78, 5) is 11.6. The van der Waals surface area contributed by atoms with E-state index < -0.39 is 29.4 Å². The van der Waals surface area contributed by atoms with E-state index in [1.54, 1.807) is 20.8 Å². The molecule has 0 saturated carbocycles. The maximum absolute atomic E-state index is 12.8. The van der Waals surface area contributed by atoms with Gasteiger partial charge in [0.25, 0.3) is 0 Å². The van der Waals surface area contributed by atoms with Crippen LogP contribution in [0.15, 0.2) is 24.3 Å². The maximum atomic E-state index is 12.8. The molecule has 112 valence electrons. The molecule has 0 amide bonds. The number of carbonyl (C=O) groups excluding carboxylic acids is 1. The molecule has 0 heterocycles. The summed E-state index contributed by atoms with van der Waals surface area (Å²) in [6.45, 7) is 5.04. The van der Waals surface area contributed by atoms with Gasteiger partial charge in [0.05, 0.1) is 12.0 Å². The van der Waals surface area contributed by atoms with Crippen LogP contribution >= 0.6 is 0 Å². The minimum absolute atomic E-state index is 0.106. The van der Waals surface area contributed by atoms with Crippen LogP contribution in [0.4, 0.5) is 13.2 Å². The maximum Gasteiger partial charge on any atom is 0.416 e. The summed E-state index contributed by atoms with van der Waals surface area (Å²) in [7, 11) is 0. The van der Waals surface area contributed by atoms with Crippen LogP contribution in [0, 0.1) is 0 Å². The summed E-state index contributed by atoms with van der Waals surface area (Å²) in [5.41, 5.74) is 4.09. The van der Waals surface area contributed by atoms with E-state index in [0.717, 1.165) is 6.07 Å². The van der Waals surface area contributed by atoms with Gasteiger partial charge in [-0.2, -0.15) is 13.2 Å². The van der Waals surface area contributed by atoms with Gasteiger partial charge in [0.2, 0.25) is 0 Å². The van der Waals surface area contributed by atoms with Crippen molar-refractivity contribution in [1.82, 2.24) is 0 Å². The highest BCUT2D eigenvalue weighted by Gasteiger charge is 2.34. The summed E-state index contributed by atoms with van der Waals surface area (Å²) >= 11 is 0. The topological polar surface area (TPSA) is 52.3 Å². The molecule has 1 aromatic rings. The molecule has 20 heavy (non-hydrogen) atoms. The summed E-state index contributed by atoms with van der Waals surface area (Å²) in [5.74, 6) is -0.623. The second-order valence-electron chi connectivity index (χ2n) is 5.48. The minimum Gasteiger partial charge on any atom is -0.460 e. The number of benzene rings is 1. The first-order chi connectivity index (χ1) is 9.00. The second kappa shape index (κ2) is 5.83. The first-order valence-electron chi connectivity index (χ1n) is 6.14. The van der Waals surface area contributed by atoms with E-state index in [0.29, 0.717) is 0 Å². The quantitative estimate of drug-likeness (QED) is 0.867. The number of alkyl halides is 3. The van der Waals surface area contributed by atoms with E-state index in [2.05, 4.69) is 0 Å². The molecule has 3 nitrogen and oxygen atoms in total. The molecule has 1 unspecified atom stereocenters. The van der Waals surface area contributed by atoms with Crippen LogP contribution in [0.1, 0.15) is 44.4 Å². The number of esters is 1. The van der Waals surface area contributed by atoms with Crippen molar-refractivity contribution in [1.29, 1.82) is 0 Å². The van der Waals surface area contributed by atoms with Crippen LogP contribution in [-0.4, -0.2) is 11.6 Å². The van der Waals surface area contributed by atoms with Gasteiger partial charge in [-0.05, 0) is 32.4 Å². The molecule has 0 fully saturated rings. The van der Waals surface area contributed by atoms with E-state index in [9.17, 15) is 18.0 Å². The van der Waals surface area contributed by atoms with Crippen LogP contribution in [0.3, 0.4) is 0 Å². The number of carbonyl (C=O) groups is 1. The second-order valence-corrected chi connectivity index (χ2v) is 5.48. The Morgan fingerprint density at radius 2 is 1.80 bits per heavy atom. The van der Waals surface area contributed by atoms with Crippen LogP contribution in [0.25, 0.3) is 0 Å². The zero-order valence-corrected chi connectivity index (χ0v) is 11.6. The van der Waals surface area contributed by atoms with Crippen molar-refractivity contribution < 1.29 is 22.7 Å². The van der Waals surface area contributed by atoms with Crippen molar-refractivity contribution >= 4 is 5.97 Å². The Bertz CT molecular complexity index is 478. The highest BCUT2D eigenvalue weighted by atomic mass is 19.4. The zero-order chi connectivity index (χ0) is 15.6. The van der Waals surface area contributed by atoms with E-state index in [1.807, 2.05) is 0 Å². The van der Waals surface area contributed by atoms with Gasteiger partial charge in [-0.1, -0.05) is 18.2 Å². The lowest BCUT2D eigenvalue weighted by atomic mass is 9.98. The molecule has 1 aromatic carbocycles. The molecule has 2 N–H and O–H groups in total. The molecule has 0 aliphatic rings. The SMILES string of the molecule is CC(C)(C)OC(=O)CC(N)c1ccccc1C(F)(F)F. The summed E-state index contributed by atoms with van der Waals surface area (Å²) in [6, 6.07) is 3.91. The van der Waals surface area contributed by atoms with Crippen LogP contribution in [-0.2, 0) is 15.7 Å². The van der Waals surface area contributed by atoms with Gasteiger partial charge in [-0.3, -0.25) is 4.79 Å². The van der Waals surface area contributed by atoms with Gasteiger partial charge < -0.3 is 10.5 Å². The number of nitrogens with two attached hydrogens (primary N) is 1. The van der Waals surface area contributed by atoms with Crippen molar-refractivity contribution in [2.75, 3.05) is 0 Å². The third-order valence-electron chi connectivity index (χ3n) is 2.47. The van der Waals surface area contributed by atoms with Gasteiger partial charge >= 0.3 is 12.1 Å². The highest BCUT2D eigenvalue weighted by Crippen LogP contribution is 2.34. The minimum atomic E-state index is -4.50. The normalized spacial score (nSPS) is 13.9. The van der Waals surface area contributed by atoms with Gasteiger partial charge in [-0.25, -0.2) is 0 Å².